The van der Waals surface area contributed by atoms with Crippen LogP contribution in [0.2, 0.25) is 0 Å². The van der Waals surface area contributed by atoms with Gasteiger partial charge in [0.15, 0.2) is 29.1 Å². The number of benzene rings is 6. The third kappa shape index (κ3) is 24.4. The van der Waals surface area contributed by atoms with Gasteiger partial charge in [-0.2, -0.15) is 35.7 Å². The molecule has 772 valence electrons. The topological polar surface area (TPSA) is 318 Å². The Morgan fingerprint density at radius 2 is 0.709 bits per heavy atom. The van der Waals surface area contributed by atoms with Crippen molar-refractivity contribution < 1.29 is 29.1 Å². The standard InChI is InChI=1S/C27H32N4O2.C24H32N4O.C24H30N4O.C22H26N6O.C21H24N6O/c1-3-26(33)22-8-4-6-20(14-22)21-7-5-9-23(15-21)28-27-24-17-30(18(2)32)13-12-25(24)31(29-27)16-19-10-11-19;2*1-17(29)27-13-12-23-22(16-27)24(26-28(23)15-18-10-11-18)25-21-9-5-8-20(14-21)19-6-3-2-4-7-19;1-15(29)27-11-9-21-19(14-27)22(25-28(21)13-16-6-7-16)23-18-5-3-4-17(12-18)20-8-10-26(2)24-20;1-14(28)26-10-8-20-18(13-26)21(25-27(20)12-15-5-6-15)23-17-4-2-3-16(11-17)19-7-9-22-24-19/h4-9,14-15,19,26,33H,3,10-13,16-17H2,1-2H3,(H,28,29);5,8-9,14,18-19H,2-4,6-7,10-13,15-16H2,1H3,(H,25,26);5-6,8-9,14,18H,2-4,7,10-13,15-16H2,1H3,(H,25,26);3-5,8,10,12,16H,6-7,9,11,13-14H2,1-2H3,(H,23,25);2-4,7,9,11,15H,5-6,8,10,12-13H2,1H3,(H,22,24)(H,23,25). The molecule has 12 heterocycles. The van der Waals surface area contributed by atoms with Gasteiger partial charge >= 0.3 is 0 Å². The van der Waals surface area contributed by atoms with Crippen LogP contribution in [0.25, 0.3) is 39.2 Å². The average molecular weight is 1990 g/mol. The maximum Gasteiger partial charge on any atom is 0.219 e. The van der Waals surface area contributed by atoms with Gasteiger partial charge in [-0.3, -0.25) is 57.2 Å². The van der Waals surface area contributed by atoms with E-state index in [-0.39, 0.29) is 29.5 Å². The number of carbonyl (C=O) groups is 5. The first kappa shape index (κ1) is 99.8. The zero-order chi connectivity index (χ0) is 102. The highest BCUT2D eigenvalue weighted by molar-refractivity contribution is 5.80. The Bertz CT molecular complexity index is 6980. The van der Waals surface area contributed by atoms with E-state index in [9.17, 15) is 29.1 Å². The third-order valence-electron chi connectivity index (χ3n) is 31.7. The molecule has 5 amide bonds. The Labute approximate surface area is 868 Å². The zero-order valence-corrected chi connectivity index (χ0v) is 87.1. The summed E-state index contributed by atoms with van der Waals surface area (Å²) >= 11 is 0. The van der Waals surface area contributed by atoms with Crippen LogP contribution in [-0.2, 0) is 129 Å². The SMILES string of the molecule is CC(=O)N1CCc2c(c(Nc3cccc(-c4ccn(C)n4)c3)nn2CC2CC2)C1.CC(=O)N1CCc2c(c(Nc3cccc(-c4ccn[nH]4)c3)nn2CC2CC2)C1.CC(=O)N1CCc2c(c(Nc3cccc(C4=CCCCC4)c3)nn2CC2CC2)C1.CC(=O)N1CCc2c(c(Nc3cccc(C4CCCCC4)c3)nn2CC2CC2)C1.CCC(O)c1cccc(-c2cccc(Nc3nn(CC4CC4)c4c3CN(C(C)=O)CC4)c2)c1. The number of H-pyrrole nitrogens is 1. The molecular weight excluding hydrogens is 1850 g/mol. The molecule has 0 saturated heterocycles. The molecule has 7 N–H and O–H groups in total. The largest absolute Gasteiger partial charge is 0.388 e. The number of hydrogen-bond acceptors (Lipinski definition) is 18. The van der Waals surface area contributed by atoms with Crippen LogP contribution in [0.15, 0.2) is 176 Å². The van der Waals surface area contributed by atoms with Crippen LogP contribution in [0, 0.1) is 29.6 Å². The number of fused-ring (bicyclic) bond motifs is 5. The average Bonchev–Trinajstić information content (AvgIpc) is 1.64. The quantitative estimate of drug-likeness (QED) is 0.0251. The van der Waals surface area contributed by atoms with Gasteiger partial charge in [0, 0.05) is 247 Å². The molecular formula is C118H144N24O6. The van der Waals surface area contributed by atoms with Crippen LogP contribution in [0.5, 0.6) is 0 Å². The monoisotopic (exact) mass is 1990 g/mol. The van der Waals surface area contributed by atoms with Crippen LogP contribution in [0.3, 0.4) is 0 Å². The van der Waals surface area contributed by atoms with Gasteiger partial charge in [-0.1, -0.05) is 111 Å². The van der Waals surface area contributed by atoms with E-state index in [2.05, 4.69) is 168 Å². The first-order valence-corrected chi connectivity index (χ1v) is 54.6. The molecule has 7 aliphatic carbocycles. The van der Waals surface area contributed by atoms with Gasteiger partial charge in [-0.05, 0) is 257 Å². The molecule has 5 aliphatic heterocycles. The minimum absolute atomic E-state index is 0.109. The maximum atomic E-state index is 12.0. The lowest BCUT2D eigenvalue weighted by Crippen LogP contribution is -2.34. The summed E-state index contributed by atoms with van der Waals surface area (Å²) in [6.45, 7) is 22.3. The number of carbonyl (C=O) groups excluding carboxylic acids is 5. The number of hydrogen-bond donors (Lipinski definition) is 7. The second-order valence-electron chi connectivity index (χ2n) is 43.2. The molecule has 1 unspecified atom stereocenters. The number of aryl methyl sites for hydroxylation is 1. The van der Waals surface area contributed by atoms with E-state index in [1.54, 1.807) is 40.8 Å². The van der Waals surface area contributed by atoms with Gasteiger partial charge in [-0.15, -0.1) is 0 Å². The van der Waals surface area contributed by atoms with Gasteiger partial charge in [0.05, 0.1) is 50.2 Å². The lowest BCUT2D eigenvalue weighted by atomic mass is 9.84. The van der Waals surface area contributed by atoms with Gasteiger partial charge in [0.25, 0.3) is 0 Å². The molecule has 6 saturated carbocycles. The number of amides is 5. The first-order valence-electron chi connectivity index (χ1n) is 54.6. The first-order chi connectivity index (χ1) is 72.1. The second-order valence-corrected chi connectivity index (χ2v) is 43.2. The molecule has 0 spiro atoms. The number of allylic oxidation sites excluding steroid dienone is 2. The molecule has 7 aromatic heterocycles. The summed E-state index contributed by atoms with van der Waals surface area (Å²) in [6, 6.07) is 54.4. The number of aliphatic hydroxyl groups is 1. The Kier molecular flexibility index (Phi) is 30.3. The number of rotatable bonds is 27. The van der Waals surface area contributed by atoms with Crippen molar-refractivity contribution >= 4 is 92.6 Å². The van der Waals surface area contributed by atoms with E-state index in [1.165, 1.54) is 178 Å². The number of aromatic nitrogens is 14. The van der Waals surface area contributed by atoms with Crippen molar-refractivity contribution in [1.82, 2.24) is 93.4 Å². The molecule has 30 nitrogen and oxygen atoms in total. The fraction of sp³-hybridized carbons (Fsp3) is 0.458. The number of aliphatic hydroxyl groups excluding tert-OH is 1. The predicted octanol–water partition coefficient (Wildman–Crippen LogP) is 21.6. The maximum absolute atomic E-state index is 12.0. The van der Waals surface area contributed by atoms with E-state index >= 15 is 0 Å². The van der Waals surface area contributed by atoms with Crippen molar-refractivity contribution in [2.24, 2.45) is 36.6 Å². The van der Waals surface area contributed by atoms with Crippen LogP contribution in [-0.4, -0.2) is 161 Å². The normalized spacial score (nSPS) is 17.4. The van der Waals surface area contributed by atoms with Crippen molar-refractivity contribution in [2.45, 2.75) is 280 Å². The molecule has 6 aromatic carbocycles. The zero-order valence-electron chi connectivity index (χ0n) is 87.1. The molecule has 0 radical (unpaired) electrons. The Morgan fingerprint density at radius 3 is 1.06 bits per heavy atom. The highest BCUT2D eigenvalue weighted by Crippen LogP contribution is 2.44. The number of anilines is 10. The number of aromatic amines is 1. The fourth-order valence-electron chi connectivity index (χ4n) is 22.1. The highest BCUT2D eigenvalue weighted by atomic mass is 16.3. The minimum atomic E-state index is -0.447. The van der Waals surface area contributed by atoms with Crippen molar-refractivity contribution in [1.29, 1.82) is 0 Å². The smallest absolute Gasteiger partial charge is 0.219 e. The van der Waals surface area contributed by atoms with Crippen LogP contribution >= 0.6 is 0 Å². The van der Waals surface area contributed by atoms with Gasteiger partial charge in [-0.25, -0.2) is 0 Å². The summed E-state index contributed by atoms with van der Waals surface area (Å²) in [6.07, 6.45) is 35.4. The summed E-state index contributed by atoms with van der Waals surface area (Å²) in [5, 5.41) is 64.2. The summed E-state index contributed by atoms with van der Waals surface area (Å²) in [5.74, 6) is 9.58. The highest BCUT2D eigenvalue weighted by Gasteiger charge is 2.38. The molecule has 12 aliphatic rings. The molecule has 1 atom stereocenters. The molecule has 30 heteroatoms. The van der Waals surface area contributed by atoms with Crippen molar-refractivity contribution in [2.75, 3.05) is 59.3 Å². The number of nitrogens with zero attached hydrogens (tertiary/aromatic N) is 18. The number of nitrogens with one attached hydrogen (secondary N) is 6. The molecule has 6 fully saturated rings. The van der Waals surface area contributed by atoms with Crippen molar-refractivity contribution in [3.05, 3.63) is 249 Å². The van der Waals surface area contributed by atoms with E-state index in [1.807, 2.05) is 110 Å². The molecule has 13 aromatic rings. The van der Waals surface area contributed by atoms with Gasteiger partial charge in [0.2, 0.25) is 29.5 Å². The minimum Gasteiger partial charge on any atom is -0.388 e. The van der Waals surface area contributed by atoms with E-state index in [4.69, 9.17) is 25.5 Å². The lowest BCUT2D eigenvalue weighted by Gasteiger charge is -2.27. The molecule has 25 rings (SSSR count). The summed E-state index contributed by atoms with van der Waals surface area (Å²) in [7, 11) is 1.92. The predicted molar refractivity (Wildman–Crippen MR) is 580 cm³/mol. The third-order valence-corrected chi connectivity index (χ3v) is 31.7. The Hall–Kier alpha value is -14.2. The second kappa shape index (κ2) is 44.9. The summed E-state index contributed by atoms with van der Waals surface area (Å²) in [5.41, 5.74) is 28.8. The summed E-state index contributed by atoms with van der Waals surface area (Å²) < 4.78 is 12.8. The molecule has 0 bridgehead atoms. The fourth-order valence-corrected chi connectivity index (χ4v) is 22.1. The Morgan fingerprint density at radius 1 is 0.365 bits per heavy atom. The van der Waals surface area contributed by atoms with E-state index < -0.39 is 6.10 Å². The van der Waals surface area contributed by atoms with E-state index in [0.29, 0.717) is 45.1 Å². The van der Waals surface area contributed by atoms with Crippen molar-refractivity contribution in [3.8, 4) is 33.6 Å². The van der Waals surface area contributed by atoms with Crippen LogP contribution in [0.1, 0.15) is 255 Å². The van der Waals surface area contributed by atoms with Crippen molar-refractivity contribution in [3.63, 3.8) is 0 Å². The summed E-state index contributed by atoms with van der Waals surface area (Å²) in [4.78, 5) is 69.4. The van der Waals surface area contributed by atoms with Crippen LogP contribution in [0.4, 0.5) is 57.5 Å². The van der Waals surface area contributed by atoms with Gasteiger partial charge in [0.1, 0.15) is 0 Å². The van der Waals surface area contributed by atoms with Crippen LogP contribution < -0.4 is 26.6 Å². The Balaban J connectivity index is 0.000000108. The lowest BCUT2D eigenvalue weighted by molar-refractivity contribution is -0.130. The van der Waals surface area contributed by atoms with E-state index in [0.717, 1.165) is 241 Å². The van der Waals surface area contributed by atoms with Gasteiger partial charge < -0.3 is 56.2 Å². The molecule has 148 heavy (non-hydrogen) atoms.